The summed E-state index contributed by atoms with van der Waals surface area (Å²) >= 11 is 0. The number of nitro benzene ring substituents is 1. The van der Waals surface area contributed by atoms with Crippen LogP contribution < -0.4 is 10.2 Å². The van der Waals surface area contributed by atoms with Crippen LogP contribution in [0.25, 0.3) is 5.52 Å². The van der Waals surface area contributed by atoms with E-state index >= 15 is 0 Å². The van der Waals surface area contributed by atoms with Gasteiger partial charge in [0.1, 0.15) is 18.5 Å². The van der Waals surface area contributed by atoms with Gasteiger partial charge >= 0.3 is 0 Å². The van der Waals surface area contributed by atoms with Crippen LogP contribution in [0.1, 0.15) is 18.1 Å². The normalized spacial score (nSPS) is 11.5. The van der Waals surface area contributed by atoms with Crippen molar-refractivity contribution in [2.45, 2.75) is 20.5 Å². The highest BCUT2D eigenvalue weighted by Crippen LogP contribution is 2.31. The van der Waals surface area contributed by atoms with Crippen molar-refractivity contribution < 1.29 is 18.8 Å². The van der Waals surface area contributed by atoms with Crippen LogP contribution in [0.15, 0.2) is 35.8 Å². The summed E-state index contributed by atoms with van der Waals surface area (Å²) in [6.45, 7) is 3.80. The van der Waals surface area contributed by atoms with Crippen molar-refractivity contribution in [1.82, 2.24) is 20.0 Å². The molecular formula is C17H17FN6O4. The smallest absolute Gasteiger partial charge is 0.272 e. The lowest BCUT2D eigenvalue weighted by atomic mass is 10.2. The van der Waals surface area contributed by atoms with Crippen LogP contribution >= 0.6 is 0 Å². The van der Waals surface area contributed by atoms with Gasteiger partial charge in [-0.2, -0.15) is 10.1 Å². The zero-order valence-electron chi connectivity index (χ0n) is 15.3. The SMILES string of the molecule is CN/N=C(/C)OCc1cn2ncnc(Oc3ccc([N+](=O)[O-])cc3F)c2c1C. The van der Waals surface area contributed by atoms with Crippen molar-refractivity contribution >= 4 is 17.1 Å². The number of aromatic nitrogens is 3. The fourth-order valence-corrected chi connectivity index (χ4v) is 2.56. The summed E-state index contributed by atoms with van der Waals surface area (Å²) in [6, 6.07) is 3.14. The number of ether oxygens (including phenoxy) is 2. The molecule has 3 aromatic rings. The molecule has 2 heterocycles. The lowest BCUT2D eigenvalue weighted by Crippen LogP contribution is -2.06. The van der Waals surface area contributed by atoms with Gasteiger partial charge in [-0.15, -0.1) is 5.10 Å². The second kappa shape index (κ2) is 7.86. The summed E-state index contributed by atoms with van der Waals surface area (Å²) in [4.78, 5) is 14.1. The molecule has 0 saturated carbocycles. The quantitative estimate of drug-likeness (QED) is 0.299. The molecule has 0 aliphatic carbocycles. The van der Waals surface area contributed by atoms with Crippen LogP contribution in [0.4, 0.5) is 10.1 Å². The van der Waals surface area contributed by atoms with Gasteiger partial charge in [-0.1, -0.05) is 0 Å². The van der Waals surface area contributed by atoms with E-state index in [1.807, 2.05) is 6.92 Å². The van der Waals surface area contributed by atoms with Crippen molar-refractivity contribution in [3.63, 3.8) is 0 Å². The molecule has 0 unspecified atom stereocenters. The number of nitrogens with one attached hydrogen (secondary N) is 1. The van der Waals surface area contributed by atoms with Crippen LogP contribution in [0.2, 0.25) is 0 Å². The molecule has 10 nitrogen and oxygen atoms in total. The Morgan fingerprint density at radius 2 is 2.25 bits per heavy atom. The molecule has 1 aromatic carbocycles. The number of nitrogens with zero attached hydrogens (tertiary/aromatic N) is 5. The van der Waals surface area contributed by atoms with E-state index in [1.54, 1.807) is 24.7 Å². The molecule has 0 atom stereocenters. The number of fused-ring (bicyclic) bond motifs is 1. The van der Waals surface area contributed by atoms with E-state index < -0.39 is 10.7 Å². The summed E-state index contributed by atoms with van der Waals surface area (Å²) in [5.74, 6) is -0.459. The summed E-state index contributed by atoms with van der Waals surface area (Å²) < 4.78 is 26.8. The van der Waals surface area contributed by atoms with Crippen LogP contribution in [0, 0.1) is 22.9 Å². The van der Waals surface area contributed by atoms with E-state index in [1.165, 1.54) is 12.4 Å². The fourth-order valence-electron chi connectivity index (χ4n) is 2.56. The number of hydrazone groups is 1. The average Bonchev–Trinajstić information content (AvgIpc) is 2.98. The van der Waals surface area contributed by atoms with E-state index in [9.17, 15) is 14.5 Å². The maximum Gasteiger partial charge on any atom is 0.272 e. The molecule has 3 rings (SSSR count). The molecule has 2 aromatic heterocycles. The number of aryl methyl sites for hydroxylation is 1. The zero-order valence-corrected chi connectivity index (χ0v) is 15.3. The maximum atomic E-state index is 14.2. The van der Waals surface area contributed by atoms with Crippen LogP contribution in [-0.4, -0.2) is 32.5 Å². The molecule has 0 spiro atoms. The molecular weight excluding hydrogens is 371 g/mol. The van der Waals surface area contributed by atoms with E-state index in [0.717, 1.165) is 23.3 Å². The fraction of sp³-hybridized carbons (Fsp3) is 0.235. The molecule has 0 aliphatic heterocycles. The lowest BCUT2D eigenvalue weighted by Gasteiger charge is -2.08. The largest absolute Gasteiger partial charge is 0.475 e. The van der Waals surface area contributed by atoms with Crippen molar-refractivity contribution in [2.75, 3.05) is 7.05 Å². The molecule has 1 N–H and O–H groups in total. The number of hydrogen-bond donors (Lipinski definition) is 1. The molecule has 0 saturated heterocycles. The lowest BCUT2D eigenvalue weighted by molar-refractivity contribution is -0.385. The molecule has 0 fully saturated rings. The van der Waals surface area contributed by atoms with Crippen LogP contribution in [-0.2, 0) is 11.3 Å². The third-order valence-electron chi connectivity index (χ3n) is 3.94. The van der Waals surface area contributed by atoms with Crippen molar-refractivity contribution in [3.05, 3.63) is 57.8 Å². The molecule has 28 heavy (non-hydrogen) atoms. The molecule has 0 radical (unpaired) electrons. The third kappa shape index (κ3) is 3.82. The Morgan fingerprint density at radius 3 is 2.93 bits per heavy atom. The maximum absolute atomic E-state index is 14.2. The first-order valence-corrected chi connectivity index (χ1v) is 8.18. The summed E-state index contributed by atoms with van der Waals surface area (Å²) in [5, 5.41) is 18.8. The van der Waals surface area contributed by atoms with Crippen molar-refractivity contribution in [2.24, 2.45) is 5.10 Å². The minimum Gasteiger partial charge on any atom is -0.475 e. The summed E-state index contributed by atoms with van der Waals surface area (Å²) in [7, 11) is 1.67. The topological polar surface area (TPSA) is 116 Å². The number of non-ortho nitro benzene ring substituents is 1. The highest BCUT2D eigenvalue weighted by molar-refractivity contribution is 5.73. The van der Waals surface area contributed by atoms with Gasteiger partial charge in [-0.25, -0.2) is 8.91 Å². The molecule has 11 heteroatoms. The molecule has 146 valence electrons. The van der Waals surface area contributed by atoms with Gasteiger partial charge < -0.3 is 14.9 Å². The first kappa shape index (κ1) is 19.0. The highest BCUT2D eigenvalue weighted by atomic mass is 19.1. The first-order chi connectivity index (χ1) is 13.4. The standard InChI is InChI=1S/C17H17FN6O4/c1-10-12(8-27-11(2)22-19-3)7-23-16(10)17(20-9-21-23)28-15-5-4-13(24(25)26)6-14(15)18/h4-7,9,19H,8H2,1-3H3/b22-11-. The van der Waals surface area contributed by atoms with Gasteiger partial charge in [0.25, 0.3) is 5.69 Å². The highest BCUT2D eigenvalue weighted by Gasteiger charge is 2.18. The molecule has 0 bridgehead atoms. The zero-order chi connectivity index (χ0) is 20.3. The Hall–Kier alpha value is -3.76. The monoisotopic (exact) mass is 388 g/mol. The van der Waals surface area contributed by atoms with Gasteiger partial charge in [-0.3, -0.25) is 10.1 Å². The van der Waals surface area contributed by atoms with Crippen molar-refractivity contribution in [3.8, 4) is 11.6 Å². The van der Waals surface area contributed by atoms with Gasteiger partial charge in [0, 0.05) is 31.8 Å². The first-order valence-electron chi connectivity index (χ1n) is 8.18. The van der Waals surface area contributed by atoms with Crippen molar-refractivity contribution in [1.29, 1.82) is 0 Å². The Labute approximate surface area is 158 Å². The Morgan fingerprint density at radius 1 is 1.46 bits per heavy atom. The van der Waals surface area contributed by atoms with E-state index in [0.29, 0.717) is 11.4 Å². The summed E-state index contributed by atoms with van der Waals surface area (Å²) in [6.07, 6.45) is 3.02. The average molecular weight is 388 g/mol. The van der Waals surface area contributed by atoms with Crippen LogP contribution in [0.3, 0.4) is 0 Å². The van der Waals surface area contributed by atoms with Crippen LogP contribution in [0.5, 0.6) is 11.6 Å². The van der Waals surface area contributed by atoms with E-state index in [2.05, 4.69) is 20.6 Å². The number of nitro groups is 1. The molecule has 0 amide bonds. The second-order valence-electron chi connectivity index (χ2n) is 5.75. The summed E-state index contributed by atoms with van der Waals surface area (Å²) in [5.41, 5.74) is 4.41. The van der Waals surface area contributed by atoms with Gasteiger partial charge in [0.05, 0.1) is 11.0 Å². The van der Waals surface area contributed by atoms with Gasteiger partial charge in [0.2, 0.25) is 11.8 Å². The minimum absolute atomic E-state index is 0.118. The van der Waals surface area contributed by atoms with Gasteiger partial charge in [-0.05, 0) is 18.6 Å². The minimum atomic E-state index is -0.863. The Balaban J connectivity index is 1.92. The second-order valence-corrected chi connectivity index (χ2v) is 5.75. The number of halogens is 1. The number of benzene rings is 1. The molecule has 0 aliphatic rings. The third-order valence-corrected chi connectivity index (χ3v) is 3.94. The van der Waals surface area contributed by atoms with E-state index in [-0.39, 0.29) is 23.9 Å². The number of rotatable bonds is 6. The number of hydrogen-bond acceptors (Lipinski definition) is 8. The predicted octanol–water partition coefficient (Wildman–Crippen LogP) is 2.95. The Bertz CT molecular complexity index is 1070. The predicted molar refractivity (Wildman–Crippen MR) is 97.8 cm³/mol. The van der Waals surface area contributed by atoms with Gasteiger partial charge in [0.15, 0.2) is 11.6 Å². The Kier molecular flexibility index (Phi) is 5.34. The van der Waals surface area contributed by atoms with E-state index in [4.69, 9.17) is 9.47 Å².